The van der Waals surface area contributed by atoms with Crippen LogP contribution in [0.4, 0.5) is 5.69 Å². The standard InChI is InChI=1S/C15H23ClN2/c1-12-6-8-18(11-13(12)2)9-7-17-15-5-3-4-14(16)10-15/h3-5,10,12-13,17H,6-9,11H2,1-2H3. The van der Waals surface area contributed by atoms with Crippen molar-refractivity contribution in [3.8, 4) is 0 Å². The monoisotopic (exact) mass is 266 g/mol. The molecule has 1 saturated heterocycles. The highest BCUT2D eigenvalue weighted by molar-refractivity contribution is 6.30. The first kappa shape index (κ1) is 13.7. The third kappa shape index (κ3) is 3.89. The van der Waals surface area contributed by atoms with Crippen molar-refractivity contribution >= 4 is 17.3 Å². The number of hydrogen-bond donors (Lipinski definition) is 1. The van der Waals surface area contributed by atoms with Gasteiger partial charge in [0, 0.05) is 30.3 Å². The smallest absolute Gasteiger partial charge is 0.0426 e. The lowest BCUT2D eigenvalue weighted by molar-refractivity contribution is 0.143. The molecule has 3 heteroatoms. The molecule has 1 aromatic rings. The van der Waals surface area contributed by atoms with Crippen molar-refractivity contribution in [3.63, 3.8) is 0 Å². The summed E-state index contributed by atoms with van der Waals surface area (Å²) in [6, 6.07) is 7.92. The maximum absolute atomic E-state index is 5.96. The maximum Gasteiger partial charge on any atom is 0.0426 e. The Hall–Kier alpha value is -0.730. The lowest BCUT2D eigenvalue weighted by Crippen LogP contribution is -2.40. The van der Waals surface area contributed by atoms with Crippen LogP contribution in [0.15, 0.2) is 24.3 Å². The zero-order chi connectivity index (χ0) is 13.0. The molecule has 0 radical (unpaired) electrons. The zero-order valence-corrected chi connectivity index (χ0v) is 12.1. The van der Waals surface area contributed by atoms with E-state index in [2.05, 4.69) is 30.1 Å². The van der Waals surface area contributed by atoms with E-state index in [-0.39, 0.29) is 0 Å². The van der Waals surface area contributed by atoms with E-state index in [1.165, 1.54) is 19.5 Å². The first-order valence-corrected chi connectivity index (χ1v) is 7.25. The van der Waals surface area contributed by atoms with E-state index in [1.807, 2.05) is 18.2 Å². The normalized spacial score (nSPS) is 25.1. The van der Waals surface area contributed by atoms with E-state index in [0.717, 1.165) is 35.6 Å². The number of likely N-dealkylation sites (tertiary alicyclic amines) is 1. The number of halogens is 1. The number of anilines is 1. The molecule has 1 heterocycles. The molecule has 1 aliphatic heterocycles. The Morgan fingerprint density at radius 2 is 2.17 bits per heavy atom. The number of nitrogens with zero attached hydrogens (tertiary/aromatic N) is 1. The van der Waals surface area contributed by atoms with Crippen LogP contribution >= 0.6 is 11.6 Å². The molecule has 0 spiro atoms. The van der Waals surface area contributed by atoms with Gasteiger partial charge in [-0.05, 0) is 43.0 Å². The van der Waals surface area contributed by atoms with Crippen LogP contribution in [0.5, 0.6) is 0 Å². The molecule has 0 aromatic heterocycles. The third-order valence-electron chi connectivity index (χ3n) is 4.00. The SMILES string of the molecule is CC1CCN(CCNc2cccc(Cl)c2)CC1C. The molecule has 2 atom stereocenters. The molecule has 0 aliphatic carbocycles. The maximum atomic E-state index is 5.96. The highest BCUT2D eigenvalue weighted by Crippen LogP contribution is 2.22. The van der Waals surface area contributed by atoms with E-state index in [4.69, 9.17) is 11.6 Å². The second-order valence-electron chi connectivity index (χ2n) is 5.48. The number of hydrogen-bond acceptors (Lipinski definition) is 2. The van der Waals surface area contributed by atoms with Gasteiger partial charge in [-0.2, -0.15) is 0 Å². The lowest BCUT2D eigenvalue weighted by atomic mass is 9.89. The average molecular weight is 267 g/mol. The van der Waals surface area contributed by atoms with Gasteiger partial charge < -0.3 is 10.2 Å². The summed E-state index contributed by atoms with van der Waals surface area (Å²) in [6.07, 6.45) is 1.33. The van der Waals surface area contributed by atoms with Crippen LogP contribution < -0.4 is 5.32 Å². The molecule has 0 amide bonds. The molecule has 100 valence electrons. The Kier molecular flexibility index (Phi) is 4.90. The van der Waals surface area contributed by atoms with Gasteiger partial charge in [0.25, 0.3) is 0 Å². The molecule has 0 bridgehead atoms. The highest BCUT2D eigenvalue weighted by atomic mass is 35.5. The number of nitrogens with one attached hydrogen (secondary N) is 1. The van der Waals surface area contributed by atoms with E-state index in [1.54, 1.807) is 0 Å². The Labute approximate surface area is 115 Å². The third-order valence-corrected chi connectivity index (χ3v) is 4.24. The largest absolute Gasteiger partial charge is 0.384 e. The summed E-state index contributed by atoms with van der Waals surface area (Å²) in [5.74, 6) is 1.70. The topological polar surface area (TPSA) is 15.3 Å². The Bertz CT molecular complexity index is 381. The van der Waals surface area contributed by atoms with Gasteiger partial charge in [-0.3, -0.25) is 0 Å². The predicted molar refractivity (Wildman–Crippen MR) is 79.3 cm³/mol. The molecule has 18 heavy (non-hydrogen) atoms. The second-order valence-corrected chi connectivity index (χ2v) is 5.92. The molecule has 2 rings (SSSR count). The van der Waals surface area contributed by atoms with Gasteiger partial charge in [0.15, 0.2) is 0 Å². The molecular formula is C15H23ClN2. The zero-order valence-electron chi connectivity index (χ0n) is 11.3. The van der Waals surface area contributed by atoms with Crippen molar-refractivity contribution in [1.29, 1.82) is 0 Å². The van der Waals surface area contributed by atoms with Crippen LogP contribution in [0.2, 0.25) is 5.02 Å². The van der Waals surface area contributed by atoms with E-state index in [9.17, 15) is 0 Å². The summed E-state index contributed by atoms with van der Waals surface area (Å²) in [4.78, 5) is 2.56. The number of rotatable bonds is 4. The Morgan fingerprint density at radius 3 is 2.89 bits per heavy atom. The van der Waals surface area contributed by atoms with Crippen LogP contribution in [0, 0.1) is 11.8 Å². The molecule has 2 nitrogen and oxygen atoms in total. The van der Waals surface area contributed by atoms with Crippen molar-refractivity contribution in [2.24, 2.45) is 11.8 Å². The first-order chi connectivity index (χ1) is 8.65. The summed E-state index contributed by atoms with van der Waals surface area (Å²) >= 11 is 5.96. The summed E-state index contributed by atoms with van der Waals surface area (Å²) in [6.45, 7) is 9.31. The molecule has 1 fully saturated rings. The first-order valence-electron chi connectivity index (χ1n) is 6.87. The van der Waals surface area contributed by atoms with Gasteiger partial charge in [0.2, 0.25) is 0 Å². The number of benzene rings is 1. The molecule has 1 aliphatic rings. The van der Waals surface area contributed by atoms with Crippen molar-refractivity contribution in [2.75, 3.05) is 31.5 Å². The molecule has 1 aromatic carbocycles. The van der Waals surface area contributed by atoms with Gasteiger partial charge in [-0.15, -0.1) is 0 Å². The highest BCUT2D eigenvalue weighted by Gasteiger charge is 2.21. The van der Waals surface area contributed by atoms with Crippen LogP contribution in [-0.4, -0.2) is 31.1 Å². The second kappa shape index (κ2) is 6.44. The van der Waals surface area contributed by atoms with Gasteiger partial charge in [-0.1, -0.05) is 31.5 Å². The minimum atomic E-state index is 0.792. The average Bonchev–Trinajstić information content (AvgIpc) is 2.34. The Morgan fingerprint density at radius 1 is 1.33 bits per heavy atom. The van der Waals surface area contributed by atoms with Crippen LogP contribution in [0.3, 0.4) is 0 Å². The van der Waals surface area contributed by atoms with Crippen LogP contribution in [0.25, 0.3) is 0 Å². The molecule has 1 N–H and O–H groups in total. The van der Waals surface area contributed by atoms with Crippen molar-refractivity contribution < 1.29 is 0 Å². The fourth-order valence-electron chi connectivity index (χ4n) is 2.51. The lowest BCUT2D eigenvalue weighted by Gasteiger charge is -2.35. The van der Waals surface area contributed by atoms with Crippen LogP contribution in [-0.2, 0) is 0 Å². The van der Waals surface area contributed by atoms with Crippen LogP contribution in [0.1, 0.15) is 20.3 Å². The quantitative estimate of drug-likeness (QED) is 0.893. The molecule has 2 unspecified atom stereocenters. The van der Waals surface area contributed by atoms with Crippen molar-refractivity contribution in [2.45, 2.75) is 20.3 Å². The van der Waals surface area contributed by atoms with E-state index >= 15 is 0 Å². The van der Waals surface area contributed by atoms with E-state index in [0.29, 0.717) is 0 Å². The predicted octanol–water partition coefficient (Wildman–Crippen LogP) is 3.73. The van der Waals surface area contributed by atoms with Gasteiger partial charge in [-0.25, -0.2) is 0 Å². The summed E-state index contributed by atoms with van der Waals surface area (Å²) in [7, 11) is 0. The molecular weight excluding hydrogens is 244 g/mol. The fraction of sp³-hybridized carbons (Fsp3) is 0.600. The number of piperidine rings is 1. The minimum Gasteiger partial charge on any atom is -0.384 e. The van der Waals surface area contributed by atoms with Crippen molar-refractivity contribution in [1.82, 2.24) is 4.90 Å². The van der Waals surface area contributed by atoms with Gasteiger partial charge in [0.1, 0.15) is 0 Å². The summed E-state index contributed by atoms with van der Waals surface area (Å²) in [5.41, 5.74) is 1.11. The minimum absolute atomic E-state index is 0.792. The summed E-state index contributed by atoms with van der Waals surface area (Å²) < 4.78 is 0. The van der Waals surface area contributed by atoms with Crippen molar-refractivity contribution in [3.05, 3.63) is 29.3 Å². The summed E-state index contributed by atoms with van der Waals surface area (Å²) in [5, 5.41) is 4.22. The Balaban J connectivity index is 1.72. The van der Waals surface area contributed by atoms with Gasteiger partial charge in [0.05, 0.1) is 0 Å². The molecule has 0 saturated carbocycles. The fourth-order valence-corrected chi connectivity index (χ4v) is 2.70. The van der Waals surface area contributed by atoms with E-state index < -0.39 is 0 Å². The van der Waals surface area contributed by atoms with Gasteiger partial charge >= 0.3 is 0 Å².